The maximum absolute atomic E-state index is 13.5. The maximum Gasteiger partial charge on any atom is 0.336 e. The zero-order valence-electron chi connectivity index (χ0n) is 26.2. The molecular weight excluding hydrogens is 572 g/mol. The van der Waals surface area contributed by atoms with Crippen LogP contribution in [0.1, 0.15) is 48.9 Å². The second-order valence-corrected chi connectivity index (χ2v) is 11.1. The summed E-state index contributed by atoms with van der Waals surface area (Å²) in [5.74, 6) is -2.15. The van der Waals surface area contributed by atoms with Gasteiger partial charge in [-0.2, -0.15) is 0 Å². The highest BCUT2D eigenvalue weighted by atomic mass is 16.6. The van der Waals surface area contributed by atoms with Crippen molar-refractivity contribution in [3.05, 3.63) is 134 Å². The van der Waals surface area contributed by atoms with Crippen molar-refractivity contribution in [1.82, 2.24) is 15.2 Å². The molecule has 0 fully saturated rings. The van der Waals surface area contributed by atoms with Crippen molar-refractivity contribution in [2.24, 2.45) is 0 Å². The Hall–Kier alpha value is -5.09. The Balaban J connectivity index is 1.39. The van der Waals surface area contributed by atoms with Gasteiger partial charge in [0, 0.05) is 49.0 Å². The number of likely N-dealkylation sites (N-methyl/N-ethyl adjacent to an activating group) is 1. The zero-order valence-corrected chi connectivity index (χ0v) is 26.2. The number of carbonyl (C=O) groups is 2. The number of nitro benzene ring substituents is 1. The molecule has 0 saturated carbocycles. The van der Waals surface area contributed by atoms with E-state index in [4.69, 9.17) is 9.47 Å². The van der Waals surface area contributed by atoms with Gasteiger partial charge < -0.3 is 14.8 Å². The fourth-order valence-corrected chi connectivity index (χ4v) is 5.47. The second-order valence-electron chi connectivity index (χ2n) is 11.1. The van der Waals surface area contributed by atoms with Crippen LogP contribution in [0.3, 0.4) is 0 Å². The fraction of sp³-hybridized carbons (Fsp3) is 0.286. The predicted octanol–water partition coefficient (Wildman–Crippen LogP) is 5.57. The van der Waals surface area contributed by atoms with Crippen LogP contribution >= 0.6 is 0 Å². The van der Waals surface area contributed by atoms with Gasteiger partial charge in [0.2, 0.25) is 0 Å². The van der Waals surface area contributed by atoms with E-state index in [1.54, 1.807) is 26.1 Å². The number of nitrogens with zero attached hydrogens (tertiary/aromatic N) is 3. The summed E-state index contributed by atoms with van der Waals surface area (Å²) in [5, 5.41) is 14.6. The Morgan fingerprint density at radius 3 is 2.38 bits per heavy atom. The number of methoxy groups -OCH3 is 1. The van der Waals surface area contributed by atoms with Gasteiger partial charge in [0.1, 0.15) is 6.61 Å². The molecule has 1 N–H and O–H groups in total. The van der Waals surface area contributed by atoms with Crippen LogP contribution in [0, 0.1) is 10.1 Å². The number of non-ortho nitro benzene ring substituents is 1. The molecule has 2 aromatic carbocycles. The molecular formula is C35H38N4O6. The number of hydrogen-bond donors (Lipinski definition) is 1. The Kier molecular flexibility index (Phi) is 11.0. The first-order valence-corrected chi connectivity index (χ1v) is 14.6. The van der Waals surface area contributed by atoms with E-state index in [1.807, 2.05) is 19.3 Å². The molecule has 0 aliphatic carbocycles. The molecule has 0 spiro atoms. The lowest BCUT2D eigenvalue weighted by molar-refractivity contribution is -0.384. The van der Waals surface area contributed by atoms with E-state index in [2.05, 4.69) is 58.5 Å². The van der Waals surface area contributed by atoms with Crippen molar-refractivity contribution >= 4 is 23.7 Å². The summed E-state index contributed by atoms with van der Waals surface area (Å²) < 4.78 is 10.7. The number of rotatable bonds is 12. The molecule has 10 heteroatoms. The molecule has 0 radical (unpaired) electrons. The van der Waals surface area contributed by atoms with Crippen LogP contribution in [-0.4, -0.2) is 60.6 Å². The Morgan fingerprint density at radius 2 is 1.73 bits per heavy atom. The van der Waals surface area contributed by atoms with Crippen LogP contribution in [0.5, 0.6) is 0 Å². The number of pyridine rings is 1. The first-order chi connectivity index (χ1) is 21.6. The van der Waals surface area contributed by atoms with Gasteiger partial charge in [0.05, 0.1) is 29.1 Å². The number of hydrogen-bond acceptors (Lipinski definition) is 9. The lowest BCUT2D eigenvalue weighted by Gasteiger charge is -2.30. The number of nitrogens with one attached hydrogen (secondary N) is 1. The minimum Gasteiger partial charge on any atom is -0.466 e. The molecule has 45 heavy (non-hydrogen) atoms. The number of esters is 2. The van der Waals surface area contributed by atoms with Crippen LogP contribution in [-0.2, 0) is 25.5 Å². The van der Waals surface area contributed by atoms with Gasteiger partial charge in [-0.25, -0.2) is 9.59 Å². The standard InChI is InChI=1S/C35H38N4O6/c1-23(18-26-11-13-27(14-12-26)19-28-8-7-15-36-21-28)22-38(4)16-17-45-35(41)32-25(3)37-24(2)31(34(40)44-5)33(32)29-9-6-10-30(20-29)39(42)43/h6-15,18,20-21,33,37H,16-17,19,22H2,1-5H3. The summed E-state index contributed by atoms with van der Waals surface area (Å²) in [4.78, 5) is 43.5. The quantitative estimate of drug-likeness (QED) is 0.159. The monoisotopic (exact) mass is 610 g/mol. The normalized spacial score (nSPS) is 15.2. The van der Waals surface area contributed by atoms with E-state index in [9.17, 15) is 19.7 Å². The molecule has 4 rings (SSSR count). The van der Waals surface area contributed by atoms with E-state index in [1.165, 1.54) is 36.4 Å². The molecule has 0 amide bonds. The second kappa shape index (κ2) is 15.1. The van der Waals surface area contributed by atoms with E-state index < -0.39 is 22.8 Å². The highest BCUT2D eigenvalue weighted by Crippen LogP contribution is 2.40. The summed E-state index contributed by atoms with van der Waals surface area (Å²) in [6, 6.07) is 18.3. The Bertz CT molecular complexity index is 1640. The van der Waals surface area contributed by atoms with Gasteiger partial charge in [0.25, 0.3) is 5.69 Å². The summed E-state index contributed by atoms with van der Waals surface area (Å²) in [6.45, 7) is 6.72. The molecule has 10 nitrogen and oxygen atoms in total. The van der Waals surface area contributed by atoms with Crippen molar-refractivity contribution in [3.63, 3.8) is 0 Å². The van der Waals surface area contributed by atoms with Crippen molar-refractivity contribution in [2.45, 2.75) is 33.1 Å². The summed E-state index contributed by atoms with van der Waals surface area (Å²) in [7, 11) is 3.20. The third kappa shape index (κ3) is 8.51. The molecule has 0 saturated heterocycles. The lowest BCUT2D eigenvalue weighted by Crippen LogP contribution is -2.33. The van der Waals surface area contributed by atoms with E-state index in [-0.39, 0.29) is 23.4 Å². The maximum atomic E-state index is 13.5. The largest absolute Gasteiger partial charge is 0.466 e. The molecule has 0 bridgehead atoms. The third-order valence-electron chi connectivity index (χ3n) is 7.55. The third-order valence-corrected chi connectivity index (χ3v) is 7.55. The summed E-state index contributed by atoms with van der Waals surface area (Å²) in [5.41, 5.74) is 6.29. The molecule has 1 aliphatic heterocycles. The van der Waals surface area contributed by atoms with Crippen LogP contribution in [0.25, 0.3) is 6.08 Å². The van der Waals surface area contributed by atoms with Crippen LogP contribution in [0.2, 0.25) is 0 Å². The number of carbonyl (C=O) groups excluding carboxylic acids is 2. The highest BCUT2D eigenvalue weighted by Gasteiger charge is 2.38. The predicted molar refractivity (Wildman–Crippen MR) is 172 cm³/mol. The Labute approximate surface area is 263 Å². The first-order valence-electron chi connectivity index (χ1n) is 14.6. The Morgan fingerprint density at radius 1 is 1.02 bits per heavy atom. The highest BCUT2D eigenvalue weighted by molar-refractivity contribution is 5.99. The topological polar surface area (TPSA) is 124 Å². The number of dihydropyridines is 1. The average molecular weight is 611 g/mol. The SMILES string of the molecule is COC(=O)C1=C(C)NC(C)=C(C(=O)OCCN(C)CC(C)=Cc2ccc(Cc3cccnc3)cc2)C1c1cccc([N+](=O)[O-])c1. The molecule has 1 aliphatic rings. The van der Waals surface area contributed by atoms with E-state index in [0.29, 0.717) is 30.0 Å². The van der Waals surface area contributed by atoms with Crippen LogP contribution in [0.15, 0.2) is 101 Å². The van der Waals surface area contributed by atoms with E-state index >= 15 is 0 Å². The molecule has 1 atom stereocenters. The van der Waals surface area contributed by atoms with E-state index in [0.717, 1.165) is 17.6 Å². The van der Waals surface area contributed by atoms with Crippen molar-refractivity contribution in [2.75, 3.05) is 33.9 Å². The fourth-order valence-electron chi connectivity index (χ4n) is 5.47. The van der Waals surface area contributed by atoms with Gasteiger partial charge >= 0.3 is 11.9 Å². The minimum absolute atomic E-state index is 0.111. The summed E-state index contributed by atoms with van der Waals surface area (Å²) >= 11 is 0. The first kappa shape index (κ1) is 32.8. The van der Waals surface area contributed by atoms with Gasteiger partial charge in [-0.05, 0) is 62.6 Å². The van der Waals surface area contributed by atoms with Gasteiger partial charge in [-0.1, -0.05) is 54.1 Å². The average Bonchev–Trinajstić information content (AvgIpc) is 3.01. The summed E-state index contributed by atoms with van der Waals surface area (Å²) in [6.07, 6.45) is 6.61. The number of allylic oxidation sites excluding steroid dienone is 2. The number of aromatic nitrogens is 1. The smallest absolute Gasteiger partial charge is 0.336 e. The molecule has 234 valence electrons. The van der Waals surface area contributed by atoms with Crippen molar-refractivity contribution in [3.8, 4) is 0 Å². The van der Waals surface area contributed by atoms with Gasteiger partial charge in [-0.3, -0.25) is 20.0 Å². The van der Waals surface area contributed by atoms with Crippen LogP contribution in [0.4, 0.5) is 5.69 Å². The lowest BCUT2D eigenvalue weighted by atomic mass is 9.80. The van der Waals surface area contributed by atoms with Gasteiger partial charge in [-0.15, -0.1) is 0 Å². The molecule has 2 heterocycles. The number of ether oxygens (including phenoxy) is 2. The molecule has 3 aromatic rings. The number of benzene rings is 2. The zero-order chi connectivity index (χ0) is 32.5. The molecule has 1 unspecified atom stereocenters. The van der Waals surface area contributed by atoms with Crippen LogP contribution < -0.4 is 5.32 Å². The van der Waals surface area contributed by atoms with Crippen molar-refractivity contribution < 1.29 is 24.0 Å². The van der Waals surface area contributed by atoms with Gasteiger partial charge in [0.15, 0.2) is 0 Å². The molecule has 1 aromatic heterocycles. The van der Waals surface area contributed by atoms with Crippen molar-refractivity contribution in [1.29, 1.82) is 0 Å². The minimum atomic E-state index is -0.898. The number of nitro groups is 1.